The van der Waals surface area contributed by atoms with Crippen molar-refractivity contribution in [3.63, 3.8) is 0 Å². The molecule has 0 aliphatic heterocycles. The molecule has 126 valence electrons. The normalized spacial score (nSPS) is 11.8. The van der Waals surface area contributed by atoms with Gasteiger partial charge in [0.1, 0.15) is 0 Å². The molecule has 0 radical (unpaired) electrons. The first-order valence-electron chi connectivity index (χ1n) is 7.71. The van der Waals surface area contributed by atoms with Crippen LogP contribution in [-0.2, 0) is 6.54 Å². The maximum atomic E-state index is 13.0. The fourth-order valence-electron chi connectivity index (χ4n) is 2.51. The monoisotopic (exact) mass is 328 g/mol. The standard InChI is InChI=1S/C18H20N2O4/c1-2-14(12-21)20(11-13-6-5-9-19-10-13)17(22)15-7-3-4-8-16(15)18(23)24/h3-10,14,21H,2,11-12H2,1H3,(H,23,24)/t14-/m1/s1. The summed E-state index contributed by atoms with van der Waals surface area (Å²) in [4.78, 5) is 29.9. The van der Waals surface area contributed by atoms with Crippen LogP contribution < -0.4 is 0 Å². The number of hydrogen-bond donors (Lipinski definition) is 2. The number of hydrogen-bond acceptors (Lipinski definition) is 4. The van der Waals surface area contributed by atoms with E-state index in [0.29, 0.717) is 6.42 Å². The summed E-state index contributed by atoms with van der Waals surface area (Å²) in [6.45, 7) is 1.92. The number of carbonyl (C=O) groups excluding carboxylic acids is 1. The Balaban J connectivity index is 2.39. The zero-order valence-electron chi connectivity index (χ0n) is 13.4. The highest BCUT2D eigenvalue weighted by Gasteiger charge is 2.26. The molecule has 1 heterocycles. The van der Waals surface area contributed by atoms with Crippen LogP contribution in [0.4, 0.5) is 0 Å². The lowest BCUT2D eigenvalue weighted by Crippen LogP contribution is -2.42. The lowest BCUT2D eigenvalue weighted by atomic mass is 10.0. The minimum Gasteiger partial charge on any atom is -0.478 e. The molecular formula is C18H20N2O4. The highest BCUT2D eigenvalue weighted by atomic mass is 16.4. The van der Waals surface area contributed by atoms with Crippen LogP contribution in [0.5, 0.6) is 0 Å². The molecule has 0 bridgehead atoms. The maximum absolute atomic E-state index is 13.0. The second kappa shape index (κ2) is 8.21. The number of carboxylic acids is 1. The molecule has 1 atom stereocenters. The van der Waals surface area contributed by atoms with Gasteiger partial charge in [0.15, 0.2) is 0 Å². The van der Waals surface area contributed by atoms with Gasteiger partial charge in [0.05, 0.1) is 23.8 Å². The highest BCUT2D eigenvalue weighted by Crippen LogP contribution is 2.18. The topological polar surface area (TPSA) is 90.7 Å². The number of aromatic carboxylic acids is 1. The van der Waals surface area contributed by atoms with Crippen LogP contribution in [0, 0.1) is 0 Å². The Morgan fingerprint density at radius 3 is 2.42 bits per heavy atom. The van der Waals surface area contributed by atoms with Gasteiger partial charge in [-0.3, -0.25) is 9.78 Å². The number of aromatic nitrogens is 1. The average Bonchev–Trinajstić information content (AvgIpc) is 2.62. The summed E-state index contributed by atoms with van der Waals surface area (Å²) in [7, 11) is 0. The van der Waals surface area contributed by atoms with E-state index in [4.69, 9.17) is 0 Å². The third-order valence-electron chi connectivity index (χ3n) is 3.85. The van der Waals surface area contributed by atoms with Gasteiger partial charge in [-0.2, -0.15) is 0 Å². The fraction of sp³-hybridized carbons (Fsp3) is 0.278. The van der Waals surface area contributed by atoms with Crippen LogP contribution in [0.2, 0.25) is 0 Å². The first-order valence-corrected chi connectivity index (χ1v) is 7.71. The van der Waals surface area contributed by atoms with Gasteiger partial charge in [0.25, 0.3) is 5.91 Å². The molecule has 1 aromatic heterocycles. The summed E-state index contributed by atoms with van der Waals surface area (Å²) in [5, 5.41) is 18.9. The molecule has 2 rings (SSSR count). The second-order valence-electron chi connectivity index (χ2n) is 5.39. The van der Waals surface area contributed by atoms with E-state index in [9.17, 15) is 19.8 Å². The molecule has 0 aliphatic carbocycles. The summed E-state index contributed by atoms with van der Waals surface area (Å²) in [5.41, 5.74) is 0.873. The van der Waals surface area contributed by atoms with Gasteiger partial charge < -0.3 is 15.1 Å². The number of rotatable bonds is 7. The fourth-order valence-corrected chi connectivity index (χ4v) is 2.51. The molecule has 24 heavy (non-hydrogen) atoms. The van der Waals surface area contributed by atoms with Gasteiger partial charge in [0, 0.05) is 18.9 Å². The summed E-state index contributed by atoms with van der Waals surface area (Å²) < 4.78 is 0. The van der Waals surface area contributed by atoms with Crippen molar-refractivity contribution in [3.8, 4) is 0 Å². The number of benzene rings is 1. The van der Waals surface area contributed by atoms with Crippen molar-refractivity contribution in [3.05, 3.63) is 65.5 Å². The number of pyridine rings is 1. The van der Waals surface area contributed by atoms with E-state index in [0.717, 1.165) is 5.56 Å². The number of nitrogens with zero attached hydrogens (tertiary/aromatic N) is 2. The van der Waals surface area contributed by atoms with Crippen molar-refractivity contribution < 1.29 is 19.8 Å². The number of carbonyl (C=O) groups is 2. The van der Waals surface area contributed by atoms with Gasteiger partial charge in [-0.25, -0.2) is 4.79 Å². The smallest absolute Gasteiger partial charge is 0.336 e. The Kier molecular flexibility index (Phi) is 6.03. The molecule has 2 aromatic rings. The van der Waals surface area contributed by atoms with Crippen molar-refractivity contribution in [2.24, 2.45) is 0 Å². The van der Waals surface area contributed by atoms with Crippen LogP contribution >= 0.6 is 0 Å². The molecule has 6 nitrogen and oxygen atoms in total. The summed E-state index contributed by atoms with van der Waals surface area (Å²) in [6.07, 6.45) is 3.84. The quantitative estimate of drug-likeness (QED) is 0.813. The third-order valence-corrected chi connectivity index (χ3v) is 3.85. The molecule has 0 fully saturated rings. The largest absolute Gasteiger partial charge is 0.478 e. The van der Waals surface area contributed by atoms with Crippen LogP contribution in [0.3, 0.4) is 0 Å². The van der Waals surface area contributed by atoms with Crippen molar-refractivity contribution in [2.75, 3.05) is 6.61 Å². The van der Waals surface area contributed by atoms with Crippen molar-refractivity contribution in [1.82, 2.24) is 9.88 Å². The van der Waals surface area contributed by atoms with Gasteiger partial charge in [-0.1, -0.05) is 25.1 Å². The number of aliphatic hydroxyl groups is 1. The summed E-state index contributed by atoms with van der Waals surface area (Å²) >= 11 is 0. The molecule has 0 aliphatic rings. The van der Waals surface area contributed by atoms with E-state index in [1.54, 1.807) is 30.6 Å². The molecule has 0 spiro atoms. The highest BCUT2D eigenvalue weighted by molar-refractivity contribution is 6.04. The number of aliphatic hydroxyl groups excluding tert-OH is 1. The van der Waals surface area contributed by atoms with E-state index in [1.165, 1.54) is 17.0 Å². The van der Waals surface area contributed by atoms with E-state index in [-0.39, 0.29) is 24.3 Å². The van der Waals surface area contributed by atoms with Crippen molar-refractivity contribution in [2.45, 2.75) is 25.9 Å². The average molecular weight is 328 g/mol. The summed E-state index contributed by atoms with van der Waals surface area (Å²) in [5.74, 6) is -1.57. The van der Waals surface area contributed by atoms with E-state index < -0.39 is 17.9 Å². The van der Waals surface area contributed by atoms with Crippen LogP contribution in [-0.4, -0.2) is 44.6 Å². The molecule has 0 saturated carbocycles. The first kappa shape index (κ1) is 17.6. The van der Waals surface area contributed by atoms with Gasteiger partial charge in [-0.05, 0) is 30.2 Å². The van der Waals surface area contributed by atoms with Crippen molar-refractivity contribution >= 4 is 11.9 Å². The minimum absolute atomic E-state index is 0.0496. The Hall–Kier alpha value is -2.73. The predicted molar refractivity (Wildman–Crippen MR) is 88.7 cm³/mol. The molecule has 2 N–H and O–H groups in total. The Morgan fingerprint density at radius 2 is 1.88 bits per heavy atom. The zero-order chi connectivity index (χ0) is 17.5. The van der Waals surface area contributed by atoms with Gasteiger partial charge in [-0.15, -0.1) is 0 Å². The Morgan fingerprint density at radius 1 is 1.17 bits per heavy atom. The molecule has 1 amide bonds. The number of amides is 1. The Bertz CT molecular complexity index is 699. The third kappa shape index (κ3) is 3.97. The lowest BCUT2D eigenvalue weighted by molar-refractivity contribution is 0.0552. The lowest BCUT2D eigenvalue weighted by Gasteiger charge is -2.30. The number of carboxylic acid groups (broad SMARTS) is 1. The zero-order valence-corrected chi connectivity index (χ0v) is 13.4. The Labute approximate surface area is 140 Å². The van der Waals surface area contributed by atoms with Crippen LogP contribution in [0.25, 0.3) is 0 Å². The van der Waals surface area contributed by atoms with Crippen LogP contribution in [0.1, 0.15) is 39.6 Å². The SMILES string of the molecule is CC[C@H](CO)N(Cc1cccnc1)C(=O)c1ccccc1C(=O)O. The second-order valence-corrected chi connectivity index (χ2v) is 5.39. The summed E-state index contributed by atoms with van der Waals surface area (Å²) in [6, 6.07) is 9.30. The van der Waals surface area contributed by atoms with Crippen LogP contribution in [0.15, 0.2) is 48.8 Å². The molecule has 6 heteroatoms. The van der Waals surface area contributed by atoms with E-state index >= 15 is 0 Å². The predicted octanol–water partition coefficient (Wildman–Crippen LogP) is 2.19. The van der Waals surface area contributed by atoms with E-state index in [2.05, 4.69) is 4.98 Å². The van der Waals surface area contributed by atoms with Gasteiger partial charge in [0.2, 0.25) is 0 Å². The van der Waals surface area contributed by atoms with E-state index in [1.807, 2.05) is 13.0 Å². The minimum atomic E-state index is -1.16. The van der Waals surface area contributed by atoms with Gasteiger partial charge >= 0.3 is 5.97 Å². The maximum Gasteiger partial charge on any atom is 0.336 e. The molecule has 0 saturated heterocycles. The molecule has 1 aromatic carbocycles. The molecular weight excluding hydrogens is 308 g/mol. The van der Waals surface area contributed by atoms with Crippen molar-refractivity contribution in [1.29, 1.82) is 0 Å². The molecule has 0 unspecified atom stereocenters. The first-order chi connectivity index (χ1) is 11.6.